The Morgan fingerprint density at radius 1 is 1.04 bits per heavy atom. The van der Waals surface area contributed by atoms with Gasteiger partial charge in [-0.2, -0.15) is 0 Å². The van der Waals surface area contributed by atoms with Gasteiger partial charge in [-0.3, -0.25) is 4.79 Å². The Balaban J connectivity index is 2.50. The lowest BCUT2D eigenvalue weighted by Gasteiger charge is -2.13. The molecule has 6 nitrogen and oxygen atoms in total. The van der Waals surface area contributed by atoms with Crippen molar-refractivity contribution >= 4 is 21.9 Å². The molecule has 0 amide bonds. The summed E-state index contributed by atoms with van der Waals surface area (Å²) in [4.78, 5) is 13.0. The fourth-order valence-corrected chi connectivity index (χ4v) is 2.84. The van der Waals surface area contributed by atoms with Crippen molar-refractivity contribution in [2.75, 3.05) is 21.3 Å². The van der Waals surface area contributed by atoms with Crippen LogP contribution in [0.25, 0.3) is 21.9 Å². The lowest BCUT2D eigenvalue weighted by Crippen LogP contribution is -2.05. The predicted molar refractivity (Wildman–Crippen MR) is 95.2 cm³/mol. The van der Waals surface area contributed by atoms with Crippen LogP contribution in [0.1, 0.15) is 5.56 Å². The van der Waals surface area contributed by atoms with E-state index in [1.54, 1.807) is 18.2 Å². The Labute approximate surface area is 143 Å². The number of allylic oxidation sites excluding steroid dienone is 1. The summed E-state index contributed by atoms with van der Waals surface area (Å²) in [6.45, 7) is 3.69. The topological polar surface area (TPSA) is 78.1 Å². The molecule has 6 heteroatoms. The molecule has 0 saturated carbocycles. The second kappa shape index (κ2) is 6.39. The SMILES string of the molecule is C=CCc1c(O)c(OC)cc2c(=O)c3cc(OC)c(OC)cc3oc12. The largest absolute Gasteiger partial charge is 0.504 e. The van der Waals surface area contributed by atoms with E-state index in [1.165, 1.54) is 27.4 Å². The van der Waals surface area contributed by atoms with Crippen LogP contribution in [0.15, 0.2) is 40.1 Å². The Hall–Kier alpha value is -3.15. The number of methoxy groups -OCH3 is 3. The maximum Gasteiger partial charge on any atom is 0.200 e. The summed E-state index contributed by atoms with van der Waals surface area (Å²) in [5, 5.41) is 11.0. The number of ether oxygens (including phenoxy) is 3. The van der Waals surface area contributed by atoms with Crippen LogP contribution in [0.3, 0.4) is 0 Å². The third-order valence-electron chi connectivity index (χ3n) is 4.07. The third kappa shape index (κ3) is 2.55. The van der Waals surface area contributed by atoms with E-state index in [2.05, 4.69) is 6.58 Å². The minimum absolute atomic E-state index is 0.0714. The number of fused-ring (bicyclic) bond motifs is 2. The fourth-order valence-electron chi connectivity index (χ4n) is 2.84. The van der Waals surface area contributed by atoms with E-state index in [4.69, 9.17) is 18.6 Å². The molecule has 1 heterocycles. The first-order valence-electron chi connectivity index (χ1n) is 7.58. The van der Waals surface area contributed by atoms with E-state index in [0.29, 0.717) is 45.4 Å². The van der Waals surface area contributed by atoms with Gasteiger partial charge in [0.25, 0.3) is 0 Å². The Morgan fingerprint density at radius 2 is 1.64 bits per heavy atom. The summed E-state index contributed by atoms with van der Waals surface area (Å²) in [6, 6.07) is 4.64. The second-order valence-corrected chi connectivity index (χ2v) is 5.41. The quantitative estimate of drug-likeness (QED) is 0.565. The fraction of sp³-hybridized carbons (Fsp3) is 0.211. The number of rotatable bonds is 5. The number of hydrogen-bond donors (Lipinski definition) is 1. The van der Waals surface area contributed by atoms with E-state index >= 15 is 0 Å². The molecule has 0 atom stereocenters. The number of phenolic OH excluding ortho intramolecular Hbond substituents is 1. The first-order valence-corrected chi connectivity index (χ1v) is 7.58. The Morgan fingerprint density at radius 3 is 2.24 bits per heavy atom. The smallest absolute Gasteiger partial charge is 0.200 e. The van der Waals surface area contributed by atoms with Gasteiger partial charge in [-0.1, -0.05) is 6.08 Å². The van der Waals surface area contributed by atoms with Gasteiger partial charge in [0.1, 0.15) is 11.2 Å². The molecule has 3 aromatic rings. The highest BCUT2D eigenvalue weighted by Gasteiger charge is 2.19. The predicted octanol–water partition coefficient (Wildman–Crippen LogP) is 3.41. The molecule has 3 rings (SSSR count). The molecule has 0 bridgehead atoms. The number of aromatic hydroxyl groups is 1. The maximum atomic E-state index is 13.0. The van der Waals surface area contributed by atoms with Gasteiger partial charge in [-0.25, -0.2) is 0 Å². The zero-order valence-corrected chi connectivity index (χ0v) is 14.2. The van der Waals surface area contributed by atoms with Crippen LogP contribution in [0.5, 0.6) is 23.0 Å². The molecular formula is C19H18O6. The van der Waals surface area contributed by atoms with Gasteiger partial charge >= 0.3 is 0 Å². The van der Waals surface area contributed by atoms with Crippen molar-refractivity contribution < 1.29 is 23.7 Å². The molecular weight excluding hydrogens is 324 g/mol. The normalized spacial score (nSPS) is 10.8. The molecule has 0 aliphatic carbocycles. The summed E-state index contributed by atoms with van der Waals surface area (Å²) in [5.74, 6) is 1.01. The first kappa shape index (κ1) is 16.7. The Kier molecular flexibility index (Phi) is 4.27. The average Bonchev–Trinajstić information content (AvgIpc) is 2.63. The van der Waals surface area contributed by atoms with E-state index in [0.717, 1.165) is 0 Å². The van der Waals surface area contributed by atoms with E-state index in [-0.39, 0.29) is 16.9 Å². The summed E-state index contributed by atoms with van der Waals surface area (Å²) in [7, 11) is 4.42. The summed E-state index contributed by atoms with van der Waals surface area (Å²) < 4.78 is 21.6. The minimum atomic E-state index is -0.249. The van der Waals surface area contributed by atoms with Crippen molar-refractivity contribution in [2.24, 2.45) is 0 Å². The zero-order chi connectivity index (χ0) is 18.1. The van der Waals surface area contributed by atoms with E-state index in [9.17, 15) is 9.90 Å². The highest BCUT2D eigenvalue weighted by Crippen LogP contribution is 2.38. The van der Waals surface area contributed by atoms with Crippen molar-refractivity contribution in [2.45, 2.75) is 6.42 Å². The molecule has 1 N–H and O–H groups in total. The molecule has 0 spiro atoms. The van der Waals surface area contributed by atoms with Crippen LogP contribution in [0.2, 0.25) is 0 Å². The second-order valence-electron chi connectivity index (χ2n) is 5.41. The van der Waals surface area contributed by atoms with Crippen LogP contribution < -0.4 is 19.6 Å². The van der Waals surface area contributed by atoms with Crippen LogP contribution >= 0.6 is 0 Å². The highest BCUT2D eigenvalue weighted by molar-refractivity contribution is 5.94. The molecule has 2 aromatic carbocycles. The third-order valence-corrected chi connectivity index (χ3v) is 4.07. The molecule has 0 aliphatic heterocycles. The molecule has 0 aliphatic rings. The van der Waals surface area contributed by atoms with Gasteiger partial charge in [0, 0.05) is 11.6 Å². The molecule has 1 aromatic heterocycles. The van der Waals surface area contributed by atoms with Crippen molar-refractivity contribution in [1.29, 1.82) is 0 Å². The standard InChI is InChI=1S/C19H18O6/c1-5-6-10-18(21)16(24-4)8-12-17(20)11-7-14(22-2)15(23-3)9-13(11)25-19(10)12/h5,7-9,21H,1,6H2,2-4H3. The number of hydrogen-bond acceptors (Lipinski definition) is 6. The van der Waals surface area contributed by atoms with Crippen molar-refractivity contribution in [3.63, 3.8) is 0 Å². The van der Waals surface area contributed by atoms with Crippen molar-refractivity contribution in [3.8, 4) is 23.0 Å². The lowest BCUT2D eigenvalue weighted by molar-refractivity contribution is 0.355. The van der Waals surface area contributed by atoms with Crippen LogP contribution in [-0.2, 0) is 6.42 Å². The first-order chi connectivity index (χ1) is 12.0. The van der Waals surface area contributed by atoms with Gasteiger partial charge in [0.05, 0.1) is 32.1 Å². The highest BCUT2D eigenvalue weighted by atomic mass is 16.5. The monoisotopic (exact) mass is 342 g/mol. The van der Waals surface area contributed by atoms with Crippen LogP contribution in [0, 0.1) is 0 Å². The van der Waals surface area contributed by atoms with Gasteiger partial charge < -0.3 is 23.7 Å². The van der Waals surface area contributed by atoms with Crippen LogP contribution in [-0.4, -0.2) is 26.4 Å². The number of benzene rings is 2. The van der Waals surface area contributed by atoms with Crippen LogP contribution in [0.4, 0.5) is 0 Å². The summed E-state index contributed by atoms with van der Waals surface area (Å²) in [5.41, 5.74) is 0.826. The average molecular weight is 342 g/mol. The molecule has 0 radical (unpaired) electrons. The van der Waals surface area contributed by atoms with Gasteiger partial charge in [0.2, 0.25) is 5.43 Å². The summed E-state index contributed by atoms with van der Waals surface area (Å²) in [6.07, 6.45) is 1.94. The maximum absolute atomic E-state index is 13.0. The molecule has 0 unspecified atom stereocenters. The molecule has 130 valence electrons. The summed E-state index contributed by atoms with van der Waals surface area (Å²) >= 11 is 0. The van der Waals surface area contributed by atoms with E-state index < -0.39 is 0 Å². The van der Waals surface area contributed by atoms with Crippen molar-refractivity contribution in [1.82, 2.24) is 0 Å². The molecule has 25 heavy (non-hydrogen) atoms. The minimum Gasteiger partial charge on any atom is -0.504 e. The Bertz CT molecular complexity index is 1030. The van der Waals surface area contributed by atoms with Gasteiger partial charge in [0.15, 0.2) is 23.0 Å². The molecule has 0 fully saturated rings. The van der Waals surface area contributed by atoms with E-state index in [1.807, 2.05) is 0 Å². The van der Waals surface area contributed by atoms with Gasteiger partial charge in [-0.15, -0.1) is 6.58 Å². The van der Waals surface area contributed by atoms with Crippen molar-refractivity contribution in [3.05, 3.63) is 46.6 Å². The lowest BCUT2D eigenvalue weighted by atomic mass is 10.0. The van der Waals surface area contributed by atoms with Gasteiger partial charge in [-0.05, 0) is 18.6 Å². The molecule has 0 saturated heterocycles. The zero-order valence-electron chi connectivity index (χ0n) is 14.2. The number of phenols is 1.